The van der Waals surface area contributed by atoms with Crippen LogP contribution in [0.25, 0.3) is 104 Å². The summed E-state index contributed by atoms with van der Waals surface area (Å²) in [5, 5.41) is 4.88. The largest absolute Gasteiger partial charge is 0.309 e. The second-order valence-electron chi connectivity index (χ2n) is 14.0. The van der Waals surface area contributed by atoms with Crippen molar-refractivity contribution >= 4 is 53.3 Å². The van der Waals surface area contributed by atoms with Crippen molar-refractivity contribution in [1.29, 1.82) is 0 Å². The molecule has 0 aliphatic carbocycles. The number of benzene rings is 8. The molecule has 0 unspecified atom stereocenters. The van der Waals surface area contributed by atoms with Crippen molar-refractivity contribution in [2.45, 2.75) is 0 Å². The third kappa shape index (κ3) is 5.40. The van der Waals surface area contributed by atoms with Gasteiger partial charge in [0.05, 0.1) is 16.7 Å². The zero-order valence-electron chi connectivity index (χ0n) is 30.2. The van der Waals surface area contributed by atoms with E-state index in [1.165, 1.54) is 36.5 Å². The highest BCUT2D eigenvalue weighted by atomic mass is 32.1. The number of hydrogen-bond acceptors (Lipinski definition) is 4. The number of thiophene rings is 1. The molecular formula is C51H32N4S. The maximum absolute atomic E-state index is 5.31. The van der Waals surface area contributed by atoms with Gasteiger partial charge in [-0.2, -0.15) is 0 Å². The minimum atomic E-state index is 0.622. The van der Waals surface area contributed by atoms with Crippen molar-refractivity contribution < 1.29 is 0 Å². The van der Waals surface area contributed by atoms with E-state index in [2.05, 4.69) is 193 Å². The summed E-state index contributed by atoms with van der Waals surface area (Å²) < 4.78 is 4.80. The molecule has 8 aromatic carbocycles. The fourth-order valence-electron chi connectivity index (χ4n) is 8.02. The van der Waals surface area contributed by atoms with Gasteiger partial charge in [-0.25, -0.2) is 15.0 Å². The highest BCUT2D eigenvalue weighted by Crippen LogP contribution is 2.41. The summed E-state index contributed by atoms with van der Waals surface area (Å²) in [7, 11) is 0. The van der Waals surface area contributed by atoms with Crippen molar-refractivity contribution in [3.63, 3.8) is 0 Å². The molecule has 0 amide bonds. The van der Waals surface area contributed by atoms with Crippen LogP contribution in [-0.2, 0) is 0 Å². The van der Waals surface area contributed by atoms with Gasteiger partial charge in [0, 0.05) is 53.2 Å². The van der Waals surface area contributed by atoms with Crippen LogP contribution < -0.4 is 0 Å². The number of fused-ring (bicyclic) bond motifs is 6. The Kier molecular flexibility index (Phi) is 7.64. The first-order valence-electron chi connectivity index (χ1n) is 18.8. The first kappa shape index (κ1) is 32.2. The molecule has 3 heterocycles. The molecule has 0 saturated heterocycles. The van der Waals surface area contributed by atoms with Crippen LogP contribution in [0.5, 0.6) is 0 Å². The molecule has 5 heteroatoms. The monoisotopic (exact) mass is 732 g/mol. The topological polar surface area (TPSA) is 43.6 Å². The minimum Gasteiger partial charge on any atom is -0.309 e. The lowest BCUT2D eigenvalue weighted by atomic mass is 10.0. The predicted molar refractivity (Wildman–Crippen MR) is 234 cm³/mol. The summed E-state index contributed by atoms with van der Waals surface area (Å²) in [6.07, 6.45) is 0. The SMILES string of the molecule is c1ccc(-c2ccc(-c3nc(-c4ccc(-c5ccccc5)c(-n5c6ccccc6c6ccccc65)c4)nc(-c4cccc5c4sc4ccccc45)n3)cc2)cc1. The predicted octanol–water partition coefficient (Wildman–Crippen LogP) is 13.7. The minimum absolute atomic E-state index is 0.622. The van der Waals surface area contributed by atoms with Crippen molar-refractivity contribution in [2.75, 3.05) is 0 Å². The molecule has 0 spiro atoms. The van der Waals surface area contributed by atoms with Crippen LogP contribution in [-0.4, -0.2) is 19.5 Å². The molecule has 11 aromatic rings. The van der Waals surface area contributed by atoms with Crippen LogP contribution in [0.15, 0.2) is 194 Å². The van der Waals surface area contributed by atoms with E-state index in [1.807, 2.05) is 6.07 Å². The maximum Gasteiger partial charge on any atom is 0.165 e. The summed E-state index contributed by atoms with van der Waals surface area (Å²) >= 11 is 1.78. The maximum atomic E-state index is 5.31. The fraction of sp³-hybridized carbons (Fsp3) is 0. The quantitative estimate of drug-likeness (QED) is 0.171. The molecule has 0 radical (unpaired) electrons. The smallest absolute Gasteiger partial charge is 0.165 e. The lowest BCUT2D eigenvalue weighted by Gasteiger charge is -2.16. The van der Waals surface area contributed by atoms with E-state index in [4.69, 9.17) is 15.0 Å². The lowest BCUT2D eigenvalue weighted by molar-refractivity contribution is 1.07. The van der Waals surface area contributed by atoms with E-state index in [-0.39, 0.29) is 0 Å². The first-order valence-corrected chi connectivity index (χ1v) is 19.6. The zero-order valence-corrected chi connectivity index (χ0v) is 31.0. The number of para-hydroxylation sites is 2. The molecule has 0 fully saturated rings. The Morgan fingerprint density at radius 2 is 0.857 bits per heavy atom. The van der Waals surface area contributed by atoms with Gasteiger partial charge < -0.3 is 4.57 Å². The van der Waals surface area contributed by atoms with Crippen molar-refractivity contribution in [2.24, 2.45) is 0 Å². The van der Waals surface area contributed by atoms with Gasteiger partial charge in [0.15, 0.2) is 17.5 Å². The van der Waals surface area contributed by atoms with Crippen LogP contribution >= 0.6 is 11.3 Å². The normalized spacial score (nSPS) is 11.6. The molecule has 56 heavy (non-hydrogen) atoms. The van der Waals surface area contributed by atoms with E-state index in [1.54, 1.807) is 11.3 Å². The van der Waals surface area contributed by atoms with Gasteiger partial charge in [-0.1, -0.05) is 164 Å². The molecular weight excluding hydrogens is 701 g/mol. The second-order valence-corrected chi connectivity index (χ2v) is 15.0. The summed E-state index contributed by atoms with van der Waals surface area (Å²) in [5.41, 5.74) is 10.8. The van der Waals surface area contributed by atoms with Crippen LogP contribution in [0.2, 0.25) is 0 Å². The third-order valence-electron chi connectivity index (χ3n) is 10.7. The molecule has 4 nitrogen and oxygen atoms in total. The number of rotatable bonds is 6. The van der Waals surface area contributed by atoms with E-state index in [0.29, 0.717) is 17.5 Å². The Balaban J connectivity index is 1.15. The van der Waals surface area contributed by atoms with Crippen LogP contribution in [0.1, 0.15) is 0 Å². The fourth-order valence-corrected chi connectivity index (χ4v) is 9.23. The zero-order chi connectivity index (χ0) is 37.0. The number of hydrogen-bond donors (Lipinski definition) is 0. The Morgan fingerprint density at radius 1 is 0.339 bits per heavy atom. The van der Waals surface area contributed by atoms with Gasteiger partial charge in [-0.15, -0.1) is 11.3 Å². The second kappa shape index (κ2) is 13.3. The van der Waals surface area contributed by atoms with Gasteiger partial charge in [-0.3, -0.25) is 0 Å². The van der Waals surface area contributed by atoms with Crippen LogP contribution in [0.3, 0.4) is 0 Å². The highest BCUT2D eigenvalue weighted by Gasteiger charge is 2.20. The Morgan fingerprint density at radius 3 is 1.57 bits per heavy atom. The Hall–Kier alpha value is -7.21. The van der Waals surface area contributed by atoms with Crippen molar-refractivity contribution in [3.8, 4) is 62.1 Å². The summed E-state index contributed by atoms with van der Waals surface area (Å²) in [4.78, 5) is 15.8. The van der Waals surface area contributed by atoms with Gasteiger partial charge in [0.1, 0.15) is 0 Å². The average Bonchev–Trinajstić information content (AvgIpc) is 3.83. The Labute approximate surface area is 327 Å². The number of nitrogens with zero attached hydrogens (tertiary/aromatic N) is 4. The lowest BCUT2D eigenvalue weighted by Crippen LogP contribution is -2.02. The average molecular weight is 733 g/mol. The molecule has 262 valence electrons. The van der Waals surface area contributed by atoms with Crippen molar-refractivity contribution in [1.82, 2.24) is 19.5 Å². The van der Waals surface area contributed by atoms with Crippen LogP contribution in [0, 0.1) is 0 Å². The molecule has 0 atom stereocenters. The summed E-state index contributed by atoms with van der Waals surface area (Å²) in [5.74, 6) is 1.91. The van der Waals surface area contributed by atoms with Gasteiger partial charge in [-0.05, 0) is 47.0 Å². The van der Waals surface area contributed by atoms with Gasteiger partial charge in [0.2, 0.25) is 0 Å². The molecule has 11 rings (SSSR count). The standard InChI is InChI=1S/C51H32N4S/c1-3-14-33(15-4-1)34-26-28-36(29-27-34)49-52-50(54-51(53-49)43-22-13-21-42-41-20-9-12-25-47(41)56-48(42)43)37-30-31-38(35-16-5-2-6-17-35)46(32-37)55-44-23-10-7-18-39(44)40-19-8-11-24-45(40)55/h1-32H. The summed E-state index contributed by atoms with van der Waals surface area (Å²) in [6, 6.07) is 68.6. The molecule has 0 bridgehead atoms. The van der Waals surface area contributed by atoms with Gasteiger partial charge in [0.25, 0.3) is 0 Å². The van der Waals surface area contributed by atoms with Crippen molar-refractivity contribution in [3.05, 3.63) is 194 Å². The molecule has 3 aromatic heterocycles. The molecule has 0 saturated carbocycles. The highest BCUT2D eigenvalue weighted by molar-refractivity contribution is 7.26. The van der Waals surface area contributed by atoms with Crippen LogP contribution in [0.4, 0.5) is 0 Å². The van der Waals surface area contributed by atoms with Gasteiger partial charge >= 0.3 is 0 Å². The molecule has 0 aliphatic rings. The van der Waals surface area contributed by atoms with E-state index in [9.17, 15) is 0 Å². The third-order valence-corrected chi connectivity index (χ3v) is 11.9. The molecule has 0 N–H and O–H groups in total. The van der Waals surface area contributed by atoms with E-state index in [0.717, 1.165) is 50.1 Å². The van der Waals surface area contributed by atoms with E-state index >= 15 is 0 Å². The number of aromatic nitrogens is 4. The Bertz CT molecular complexity index is 3180. The van der Waals surface area contributed by atoms with E-state index < -0.39 is 0 Å². The first-order chi connectivity index (χ1) is 27.8. The molecule has 0 aliphatic heterocycles. The summed E-state index contributed by atoms with van der Waals surface area (Å²) in [6.45, 7) is 0.